The van der Waals surface area contributed by atoms with Crippen molar-refractivity contribution in [1.29, 1.82) is 0 Å². The van der Waals surface area contributed by atoms with Crippen molar-refractivity contribution in [3.63, 3.8) is 0 Å². The van der Waals surface area contributed by atoms with E-state index in [0.717, 1.165) is 0 Å². The summed E-state index contributed by atoms with van der Waals surface area (Å²) in [5.74, 6) is 0.183. The molecule has 0 fully saturated rings. The van der Waals surface area contributed by atoms with Gasteiger partial charge in [-0.3, -0.25) is 9.59 Å². The van der Waals surface area contributed by atoms with Gasteiger partial charge in [-0.25, -0.2) is 0 Å². The van der Waals surface area contributed by atoms with Gasteiger partial charge in [0.25, 0.3) is 0 Å². The second-order valence-electron chi connectivity index (χ2n) is 2.15. The van der Waals surface area contributed by atoms with Crippen LogP contribution >= 0.6 is 0 Å². The van der Waals surface area contributed by atoms with Crippen LogP contribution in [0.4, 0.5) is 0 Å². The average molecular weight is 167 g/mol. The third kappa shape index (κ3) is 1.53. The van der Waals surface area contributed by atoms with Crippen LogP contribution in [0, 0.1) is 0 Å². The van der Waals surface area contributed by atoms with Gasteiger partial charge in [0.1, 0.15) is 0 Å². The molecule has 4 heteroatoms. The molecule has 0 bridgehead atoms. The third-order valence-corrected chi connectivity index (χ3v) is 1.37. The predicted molar refractivity (Wildman–Crippen MR) is 43.6 cm³/mol. The molecule has 0 atom stereocenters. The summed E-state index contributed by atoms with van der Waals surface area (Å²) in [6, 6.07) is 0. The molecule has 1 heterocycles. The maximum atomic E-state index is 11.2. The second kappa shape index (κ2) is 3.71. The zero-order valence-corrected chi connectivity index (χ0v) is 6.66. The molecule has 12 heavy (non-hydrogen) atoms. The monoisotopic (exact) mass is 167 g/mol. The van der Waals surface area contributed by atoms with E-state index in [0.29, 0.717) is 12.9 Å². The normalized spacial score (nSPS) is 9.42. The highest BCUT2D eigenvalue weighted by atomic mass is 16.5. The fourth-order valence-corrected chi connectivity index (χ4v) is 0.831. The number of aromatic nitrogens is 1. The fourth-order valence-electron chi connectivity index (χ4n) is 0.831. The minimum Gasteiger partial charge on any atom is -0.488 e. The minimum absolute atomic E-state index is 0.0842. The first-order valence-electron chi connectivity index (χ1n) is 3.58. The lowest BCUT2D eigenvalue weighted by Gasteiger charge is -2.00. The lowest BCUT2D eigenvalue weighted by Crippen LogP contribution is -2.12. The summed E-state index contributed by atoms with van der Waals surface area (Å²) in [6.45, 7) is 2.18. The molecule has 0 aliphatic carbocycles. The van der Waals surface area contributed by atoms with E-state index in [9.17, 15) is 9.59 Å². The number of carbonyl (C=O) groups excluding carboxylic acids is 1. The Labute approximate surface area is 69.2 Å². The van der Waals surface area contributed by atoms with Crippen LogP contribution in [0.15, 0.2) is 17.2 Å². The van der Waals surface area contributed by atoms with Gasteiger partial charge in [-0.15, -0.1) is 0 Å². The van der Waals surface area contributed by atoms with Crippen LogP contribution in [0.25, 0.3) is 0 Å². The Hall–Kier alpha value is -1.58. The number of aldehydes is 1. The Morgan fingerprint density at radius 2 is 2.33 bits per heavy atom. The number of ether oxygens (including phenoxy) is 1. The van der Waals surface area contributed by atoms with E-state index in [-0.39, 0.29) is 16.7 Å². The first-order valence-corrected chi connectivity index (χ1v) is 3.58. The largest absolute Gasteiger partial charge is 0.488 e. The van der Waals surface area contributed by atoms with Gasteiger partial charge in [0.2, 0.25) is 5.43 Å². The molecular weight excluding hydrogens is 158 g/mol. The van der Waals surface area contributed by atoms with E-state index in [1.54, 1.807) is 6.92 Å². The minimum atomic E-state index is -0.370. The zero-order valence-electron chi connectivity index (χ0n) is 6.66. The van der Waals surface area contributed by atoms with E-state index in [2.05, 4.69) is 4.98 Å². The van der Waals surface area contributed by atoms with E-state index in [1.165, 1.54) is 12.4 Å². The van der Waals surface area contributed by atoms with E-state index >= 15 is 0 Å². The fraction of sp³-hybridized carbons (Fsp3) is 0.250. The molecule has 0 saturated heterocycles. The van der Waals surface area contributed by atoms with Gasteiger partial charge in [0, 0.05) is 12.4 Å². The van der Waals surface area contributed by atoms with Crippen molar-refractivity contribution >= 4 is 6.29 Å². The summed E-state index contributed by atoms with van der Waals surface area (Å²) in [4.78, 5) is 24.2. The number of pyridine rings is 1. The number of hydrogen-bond acceptors (Lipinski definition) is 3. The third-order valence-electron chi connectivity index (χ3n) is 1.37. The summed E-state index contributed by atoms with van der Waals surface area (Å²) in [5.41, 5.74) is -0.286. The molecule has 64 valence electrons. The highest BCUT2D eigenvalue weighted by Gasteiger charge is 2.03. The second-order valence-corrected chi connectivity index (χ2v) is 2.15. The van der Waals surface area contributed by atoms with Crippen LogP contribution in [0.5, 0.6) is 5.75 Å². The molecule has 1 N–H and O–H groups in total. The Bertz CT molecular complexity index is 329. The van der Waals surface area contributed by atoms with Crippen LogP contribution in [0.1, 0.15) is 17.3 Å². The molecule has 0 aromatic carbocycles. The number of carbonyl (C=O) groups is 1. The Kier molecular flexibility index (Phi) is 2.63. The smallest absolute Gasteiger partial charge is 0.233 e. The topological polar surface area (TPSA) is 59.2 Å². The van der Waals surface area contributed by atoms with Gasteiger partial charge in [0.05, 0.1) is 12.2 Å². The van der Waals surface area contributed by atoms with Crippen LogP contribution in [-0.4, -0.2) is 17.9 Å². The molecule has 4 nitrogen and oxygen atoms in total. The Morgan fingerprint density at radius 3 is 2.92 bits per heavy atom. The molecule has 0 radical (unpaired) electrons. The number of rotatable bonds is 3. The lowest BCUT2D eigenvalue weighted by atomic mass is 10.3. The molecule has 0 aliphatic rings. The quantitative estimate of drug-likeness (QED) is 0.670. The van der Waals surface area contributed by atoms with Crippen molar-refractivity contribution < 1.29 is 9.53 Å². The van der Waals surface area contributed by atoms with Gasteiger partial charge in [-0.2, -0.15) is 0 Å². The molecule has 0 saturated carbocycles. The number of hydrogen-bond donors (Lipinski definition) is 1. The lowest BCUT2D eigenvalue weighted by molar-refractivity contribution is 0.112. The van der Waals surface area contributed by atoms with Crippen molar-refractivity contribution in [1.82, 2.24) is 4.98 Å². The molecule has 1 aromatic rings. The molecule has 0 amide bonds. The van der Waals surface area contributed by atoms with Crippen LogP contribution in [-0.2, 0) is 0 Å². The Balaban J connectivity index is 3.14. The summed E-state index contributed by atoms with van der Waals surface area (Å²) in [6.07, 6.45) is 3.28. The summed E-state index contributed by atoms with van der Waals surface area (Å²) >= 11 is 0. The summed E-state index contributed by atoms with van der Waals surface area (Å²) in [5, 5.41) is 0. The number of aromatic amines is 1. The first kappa shape index (κ1) is 8.52. The van der Waals surface area contributed by atoms with Crippen molar-refractivity contribution in [2.75, 3.05) is 6.61 Å². The average Bonchev–Trinajstić information content (AvgIpc) is 2.09. The highest BCUT2D eigenvalue weighted by molar-refractivity contribution is 5.74. The van der Waals surface area contributed by atoms with Crippen molar-refractivity contribution in [2.24, 2.45) is 0 Å². The van der Waals surface area contributed by atoms with Gasteiger partial charge >= 0.3 is 0 Å². The van der Waals surface area contributed by atoms with E-state index in [1.807, 2.05) is 0 Å². The predicted octanol–water partition coefficient (Wildman–Crippen LogP) is 0.586. The van der Waals surface area contributed by atoms with Crippen LogP contribution in [0.2, 0.25) is 0 Å². The van der Waals surface area contributed by atoms with Gasteiger partial charge in [-0.1, -0.05) is 0 Å². The molecule has 0 aliphatic heterocycles. The maximum absolute atomic E-state index is 11.2. The SMILES string of the molecule is CCOc1c[nH]cc(C=O)c1=O. The standard InChI is InChI=1S/C8H9NO3/c1-2-12-7-4-9-3-6(5-10)8(7)11/h3-5H,2H2,1H3,(H,9,11). The molecule has 0 spiro atoms. The maximum Gasteiger partial charge on any atom is 0.233 e. The van der Waals surface area contributed by atoms with Crippen LogP contribution in [0.3, 0.4) is 0 Å². The number of nitrogens with one attached hydrogen (secondary N) is 1. The Morgan fingerprint density at radius 1 is 1.58 bits per heavy atom. The molecule has 1 aromatic heterocycles. The molecule has 0 unspecified atom stereocenters. The van der Waals surface area contributed by atoms with Crippen molar-refractivity contribution in [2.45, 2.75) is 6.92 Å². The van der Waals surface area contributed by atoms with Crippen molar-refractivity contribution in [3.8, 4) is 5.75 Å². The number of H-pyrrole nitrogens is 1. The van der Waals surface area contributed by atoms with Gasteiger partial charge < -0.3 is 9.72 Å². The zero-order chi connectivity index (χ0) is 8.97. The van der Waals surface area contributed by atoms with Gasteiger partial charge in [-0.05, 0) is 6.92 Å². The van der Waals surface area contributed by atoms with Gasteiger partial charge in [0.15, 0.2) is 12.0 Å². The van der Waals surface area contributed by atoms with E-state index < -0.39 is 0 Å². The first-order chi connectivity index (χ1) is 5.79. The van der Waals surface area contributed by atoms with Crippen LogP contribution < -0.4 is 10.2 Å². The highest BCUT2D eigenvalue weighted by Crippen LogP contribution is 2.00. The molecular formula is C8H9NO3. The summed E-state index contributed by atoms with van der Waals surface area (Å²) in [7, 11) is 0. The molecule has 1 rings (SSSR count). The van der Waals surface area contributed by atoms with E-state index in [4.69, 9.17) is 4.74 Å². The summed E-state index contributed by atoms with van der Waals surface area (Å²) < 4.78 is 4.98. The van der Waals surface area contributed by atoms with Crippen molar-refractivity contribution in [3.05, 3.63) is 28.2 Å².